The number of halogens is 1. The molecule has 2 saturated carbocycles. The molecule has 13 heavy (non-hydrogen) atoms. The van der Waals surface area contributed by atoms with Gasteiger partial charge < -0.3 is 0 Å². The molecule has 0 aromatic heterocycles. The highest BCUT2D eigenvalue weighted by molar-refractivity contribution is 5.85. The van der Waals surface area contributed by atoms with Crippen LogP contribution in [0.2, 0.25) is 0 Å². The van der Waals surface area contributed by atoms with Crippen LogP contribution < -0.4 is 22.5 Å². The molecular formula is C7H17ClN4O. The normalized spacial score (nSPS) is 18.9. The SMILES string of the molecule is C1CC1C1CC1.Cl.NNC(=O)NN. The largest absolute Gasteiger partial charge is 0.343 e. The fraction of sp³-hybridized carbons (Fsp3) is 0.857. The van der Waals surface area contributed by atoms with Crippen LogP contribution in [0.5, 0.6) is 0 Å². The number of urea groups is 1. The molecule has 2 fully saturated rings. The number of hydrogen-bond donors (Lipinski definition) is 4. The van der Waals surface area contributed by atoms with Gasteiger partial charge in [0.2, 0.25) is 0 Å². The Morgan fingerprint density at radius 1 is 1.00 bits per heavy atom. The zero-order valence-electron chi connectivity index (χ0n) is 7.45. The van der Waals surface area contributed by atoms with Crippen LogP contribution in [-0.4, -0.2) is 6.03 Å². The third-order valence-electron chi connectivity index (χ3n) is 2.17. The number of carbonyl (C=O) groups excluding carboxylic acids is 1. The van der Waals surface area contributed by atoms with Crippen molar-refractivity contribution in [3.05, 3.63) is 0 Å². The number of rotatable bonds is 1. The molecule has 0 radical (unpaired) electrons. The second-order valence-electron chi connectivity index (χ2n) is 3.29. The average molecular weight is 209 g/mol. The summed E-state index contributed by atoms with van der Waals surface area (Å²) in [4.78, 5) is 9.71. The Morgan fingerprint density at radius 3 is 1.38 bits per heavy atom. The molecule has 0 bridgehead atoms. The Kier molecular flexibility index (Phi) is 5.77. The van der Waals surface area contributed by atoms with E-state index in [-0.39, 0.29) is 12.4 Å². The summed E-state index contributed by atoms with van der Waals surface area (Å²) in [6.45, 7) is 0. The molecular weight excluding hydrogens is 192 g/mol. The highest BCUT2D eigenvalue weighted by atomic mass is 35.5. The van der Waals surface area contributed by atoms with E-state index in [1.807, 2.05) is 0 Å². The molecule has 0 aromatic carbocycles. The van der Waals surface area contributed by atoms with Crippen LogP contribution >= 0.6 is 12.4 Å². The summed E-state index contributed by atoms with van der Waals surface area (Å²) in [6, 6.07) is -0.602. The molecule has 0 atom stereocenters. The highest BCUT2D eigenvalue weighted by Crippen LogP contribution is 2.49. The molecule has 0 heterocycles. The highest BCUT2D eigenvalue weighted by Gasteiger charge is 2.37. The molecule has 78 valence electrons. The van der Waals surface area contributed by atoms with Gasteiger partial charge in [0.25, 0.3) is 0 Å². The third-order valence-corrected chi connectivity index (χ3v) is 2.17. The van der Waals surface area contributed by atoms with Gasteiger partial charge in [-0.25, -0.2) is 16.5 Å². The molecule has 2 aliphatic carbocycles. The third kappa shape index (κ3) is 5.68. The average Bonchev–Trinajstić information content (AvgIpc) is 2.92. The summed E-state index contributed by atoms with van der Waals surface area (Å²) in [6.07, 6.45) is 6.24. The lowest BCUT2D eigenvalue weighted by atomic mass is 10.3. The zero-order valence-corrected chi connectivity index (χ0v) is 8.27. The molecule has 6 N–H and O–H groups in total. The number of hydrazine groups is 2. The summed E-state index contributed by atoms with van der Waals surface area (Å²) < 4.78 is 0. The van der Waals surface area contributed by atoms with Crippen molar-refractivity contribution in [2.24, 2.45) is 23.5 Å². The molecule has 0 spiro atoms. The summed E-state index contributed by atoms with van der Waals surface area (Å²) in [7, 11) is 0. The van der Waals surface area contributed by atoms with Crippen molar-refractivity contribution in [1.82, 2.24) is 10.9 Å². The molecule has 2 amide bonds. The summed E-state index contributed by atoms with van der Waals surface area (Å²) in [5, 5.41) is 0. The van der Waals surface area contributed by atoms with Crippen molar-refractivity contribution < 1.29 is 4.79 Å². The predicted octanol–water partition coefficient (Wildman–Crippen LogP) is 0.261. The number of nitrogens with one attached hydrogen (secondary N) is 2. The van der Waals surface area contributed by atoms with Crippen molar-refractivity contribution in [3.63, 3.8) is 0 Å². The maximum atomic E-state index is 9.71. The minimum atomic E-state index is -0.602. The first kappa shape index (κ1) is 12.5. The van der Waals surface area contributed by atoms with E-state index < -0.39 is 6.03 Å². The first-order valence-electron chi connectivity index (χ1n) is 4.25. The molecule has 2 aliphatic rings. The van der Waals surface area contributed by atoms with Crippen LogP contribution in [0.4, 0.5) is 4.79 Å². The van der Waals surface area contributed by atoms with Gasteiger partial charge in [0, 0.05) is 0 Å². The lowest BCUT2D eigenvalue weighted by molar-refractivity contribution is 0.241. The number of hydrogen-bond acceptors (Lipinski definition) is 3. The van der Waals surface area contributed by atoms with E-state index in [4.69, 9.17) is 0 Å². The Labute approximate surface area is 84.0 Å². The first-order chi connectivity index (χ1) is 5.77. The van der Waals surface area contributed by atoms with E-state index >= 15 is 0 Å². The van der Waals surface area contributed by atoms with Gasteiger partial charge in [-0.15, -0.1) is 12.4 Å². The molecule has 5 nitrogen and oxygen atoms in total. The van der Waals surface area contributed by atoms with Gasteiger partial charge in [0.05, 0.1) is 0 Å². The van der Waals surface area contributed by atoms with E-state index in [9.17, 15) is 4.79 Å². The fourth-order valence-corrected chi connectivity index (χ4v) is 1.18. The second-order valence-corrected chi connectivity index (χ2v) is 3.29. The van der Waals surface area contributed by atoms with E-state index in [1.54, 1.807) is 36.5 Å². The Hall–Kier alpha value is -0.520. The monoisotopic (exact) mass is 208 g/mol. The van der Waals surface area contributed by atoms with Crippen LogP contribution in [-0.2, 0) is 0 Å². The van der Waals surface area contributed by atoms with Gasteiger partial charge in [-0.05, 0) is 37.5 Å². The van der Waals surface area contributed by atoms with E-state index in [0.29, 0.717) is 0 Å². The smallest absolute Gasteiger partial charge is 0.275 e. The summed E-state index contributed by atoms with van der Waals surface area (Å²) in [5.41, 5.74) is 3.48. The summed E-state index contributed by atoms with van der Waals surface area (Å²) >= 11 is 0. The maximum Gasteiger partial charge on any atom is 0.343 e. The fourth-order valence-electron chi connectivity index (χ4n) is 1.18. The van der Waals surface area contributed by atoms with E-state index in [2.05, 4.69) is 11.7 Å². The van der Waals surface area contributed by atoms with Gasteiger partial charge in [0.1, 0.15) is 0 Å². The van der Waals surface area contributed by atoms with Crippen molar-refractivity contribution in [2.75, 3.05) is 0 Å². The molecule has 0 unspecified atom stereocenters. The van der Waals surface area contributed by atoms with Gasteiger partial charge in [-0.3, -0.25) is 10.9 Å². The lowest BCUT2D eigenvalue weighted by Crippen LogP contribution is -2.43. The van der Waals surface area contributed by atoms with Gasteiger partial charge in [0.15, 0.2) is 0 Å². The van der Waals surface area contributed by atoms with Gasteiger partial charge in [-0.1, -0.05) is 0 Å². The molecule has 6 heteroatoms. The predicted molar refractivity (Wildman–Crippen MR) is 52.7 cm³/mol. The van der Waals surface area contributed by atoms with Crippen LogP contribution in [0.15, 0.2) is 0 Å². The van der Waals surface area contributed by atoms with Crippen molar-refractivity contribution in [1.29, 1.82) is 0 Å². The minimum Gasteiger partial charge on any atom is -0.275 e. The van der Waals surface area contributed by atoms with E-state index in [1.165, 1.54) is 11.8 Å². The first-order valence-corrected chi connectivity index (χ1v) is 4.25. The van der Waals surface area contributed by atoms with Crippen molar-refractivity contribution >= 4 is 18.4 Å². The molecule has 2 rings (SSSR count). The second kappa shape index (κ2) is 6.01. The van der Waals surface area contributed by atoms with Crippen LogP contribution in [0.1, 0.15) is 25.7 Å². The van der Waals surface area contributed by atoms with Crippen LogP contribution in [0.25, 0.3) is 0 Å². The summed E-state index contributed by atoms with van der Waals surface area (Å²) in [5.74, 6) is 11.5. The molecule has 0 aromatic rings. The van der Waals surface area contributed by atoms with Gasteiger partial charge in [-0.2, -0.15) is 0 Å². The standard InChI is InChI=1S/C6H10.CH6N4O.ClH/c1-2-5(1)6-3-4-6;2-4-1(6)5-3;/h5-6H,1-4H2;2-3H2,(H2,4,5,6);1H. The number of nitrogens with two attached hydrogens (primary N) is 2. The van der Waals surface area contributed by atoms with Crippen LogP contribution in [0, 0.1) is 11.8 Å². The molecule has 0 saturated heterocycles. The number of carbonyl (C=O) groups is 1. The van der Waals surface area contributed by atoms with Crippen molar-refractivity contribution in [3.8, 4) is 0 Å². The quantitative estimate of drug-likeness (QED) is 0.283. The number of amides is 2. The zero-order chi connectivity index (χ0) is 8.97. The topological polar surface area (TPSA) is 93.2 Å². The Morgan fingerprint density at radius 2 is 1.31 bits per heavy atom. The van der Waals surface area contributed by atoms with Crippen molar-refractivity contribution in [2.45, 2.75) is 25.7 Å². The maximum absolute atomic E-state index is 9.71. The Balaban J connectivity index is 0.000000206. The van der Waals surface area contributed by atoms with Gasteiger partial charge >= 0.3 is 6.03 Å². The molecule has 0 aliphatic heterocycles. The van der Waals surface area contributed by atoms with E-state index in [0.717, 1.165) is 0 Å². The minimum absolute atomic E-state index is 0. The Bertz CT molecular complexity index is 143. The van der Waals surface area contributed by atoms with Crippen LogP contribution in [0.3, 0.4) is 0 Å². The lowest BCUT2D eigenvalue weighted by Gasteiger charge is -1.90.